The predicted octanol–water partition coefficient (Wildman–Crippen LogP) is 1.29. The summed E-state index contributed by atoms with van der Waals surface area (Å²) in [4.78, 5) is 14.1. The SMILES string of the molecule is CC1Cc2ccccc2N1CCNC(=O)C(C)(C)N. The van der Waals surface area contributed by atoms with Crippen LogP contribution in [0, 0.1) is 0 Å². The molecule has 19 heavy (non-hydrogen) atoms. The van der Waals surface area contributed by atoms with Gasteiger partial charge in [0.25, 0.3) is 0 Å². The zero-order valence-corrected chi connectivity index (χ0v) is 11.9. The number of anilines is 1. The van der Waals surface area contributed by atoms with Crippen molar-refractivity contribution in [3.63, 3.8) is 0 Å². The molecule has 1 atom stereocenters. The molecule has 104 valence electrons. The van der Waals surface area contributed by atoms with E-state index >= 15 is 0 Å². The number of carbonyl (C=O) groups is 1. The fourth-order valence-electron chi connectivity index (χ4n) is 2.49. The van der Waals surface area contributed by atoms with Crippen LogP contribution in [0.2, 0.25) is 0 Å². The highest BCUT2D eigenvalue weighted by Crippen LogP contribution is 2.31. The van der Waals surface area contributed by atoms with Crippen molar-refractivity contribution in [3.05, 3.63) is 29.8 Å². The van der Waals surface area contributed by atoms with Gasteiger partial charge < -0.3 is 16.0 Å². The van der Waals surface area contributed by atoms with E-state index < -0.39 is 5.54 Å². The number of nitrogens with zero attached hydrogens (tertiary/aromatic N) is 1. The Bertz CT molecular complexity index is 465. The van der Waals surface area contributed by atoms with E-state index in [0.29, 0.717) is 12.6 Å². The summed E-state index contributed by atoms with van der Waals surface area (Å²) in [5.41, 5.74) is 7.62. The lowest BCUT2D eigenvalue weighted by Gasteiger charge is -2.26. The minimum absolute atomic E-state index is 0.104. The van der Waals surface area contributed by atoms with Crippen molar-refractivity contribution in [2.75, 3.05) is 18.0 Å². The third-order valence-corrected chi connectivity index (χ3v) is 3.57. The molecule has 1 amide bonds. The Morgan fingerprint density at radius 2 is 2.16 bits per heavy atom. The normalized spacial score (nSPS) is 18.3. The van der Waals surface area contributed by atoms with E-state index in [1.54, 1.807) is 13.8 Å². The van der Waals surface area contributed by atoms with Crippen LogP contribution in [0.4, 0.5) is 5.69 Å². The van der Waals surface area contributed by atoms with E-state index in [1.165, 1.54) is 11.3 Å². The maximum absolute atomic E-state index is 11.7. The van der Waals surface area contributed by atoms with Crippen LogP contribution in [-0.4, -0.2) is 30.6 Å². The highest BCUT2D eigenvalue weighted by atomic mass is 16.2. The van der Waals surface area contributed by atoms with Gasteiger partial charge in [-0.1, -0.05) is 18.2 Å². The molecule has 0 aliphatic carbocycles. The lowest BCUT2D eigenvalue weighted by molar-refractivity contribution is -0.125. The second-order valence-electron chi connectivity index (χ2n) is 5.85. The molecule has 0 radical (unpaired) electrons. The largest absolute Gasteiger partial charge is 0.367 e. The first kappa shape index (κ1) is 13.9. The van der Waals surface area contributed by atoms with Crippen molar-refractivity contribution in [1.29, 1.82) is 0 Å². The van der Waals surface area contributed by atoms with Crippen molar-refractivity contribution in [2.45, 2.75) is 38.8 Å². The fraction of sp³-hybridized carbons (Fsp3) is 0.533. The third-order valence-electron chi connectivity index (χ3n) is 3.57. The smallest absolute Gasteiger partial charge is 0.239 e. The Labute approximate surface area is 115 Å². The Kier molecular flexibility index (Phi) is 3.80. The van der Waals surface area contributed by atoms with Crippen LogP contribution in [0.3, 0.4) is 0 Å². The van der Waals surface area contributed by atoms with Gasteiger partial charge in [0.2, 0.25) is 5.91 Å². The van der Waals surface area contributed by atoms with E-state index in [1.807, 2.05) is 0 Å². The topological polar surface area (TPSA) is 58.4 Å². The molecule has 4 heteroatoms. The summed E-state index contributed by atoms with van der Waals surface area (Å²) >= 11 is 0. The van der Waals surface area contributed by atoms with Crippen molar-refractivity contribution in [3.8, 4) is 0 Å². The van der Waals surface area contributed by atoms with Gasteiger partial charge in [-0.05, 0) is 38.8 Å². The highest BCUT2D eigenvalue weighted by Gasteiger charge is 2.26. The highest BCUT2D eigenvalue weighted by molar-refractivity contribution is 5.85. The molecule has 3 N–H and O–H groups in total. The summed E-state index contributed by atoms with van der Waals surface area (Å²) in [5.74, 6) is -0.104. The van der Waals surface area contributed by atoms with Gasteiger partial charge in [0.1, 0.15) is 0 Å². The molecule has 0 aromatic heterocycles. The van der Waals surface area contributed by atoms with E-state index in [9.17, 15) is 4.79 Å². The Morgan fingerprint density at radius 3 is 2.84 bits per heavy atom. The Hall–Kier alpha value is -1.55. The average Bonchev–Trinajstić information content (AvgIpc) is 2.64. The lowest BCUT2D eigenvalue weighted by Crippen LogP contribution is -2.50. The van der Waals surface area contributed by atoms with Gasteiger partial charge in [0.15, 0.2) is 0 Å². The Balaban J connectivity index is 1.92. The molecule has 2 rings (SSSR count). The first-order chi connectivity index (χ1) is 8.89. The van der Waals surface area contributed by atoms with Gasteiger partial charge in [-0.2, -0.15) is 0 Å². The number of nitrogens with one attached hydrogen (secondary N) is 1. The zero-order valence-electron chi connectivity index (χ0n) is 11.9. The van der Waals surface area contributed by atoms with Crippen molar-refractivity contribution in [1.82, 2.24) is 5.32 Å². The summed E-state index contributed by atoms with van der Waals surface area (Å²) < 4.78 is 0. The second kappa shape index (κ2) is 5.21. The minimum Gasteiger partial charge on any atom is -0.367 e. The summed E-state index contributed by atoms with van der Waals surface area (Å²) in [6.07, 6.45) is 1.08. The number of hydrogen-bond donors (Lipinski definition) is 2. The summed E-state index contributed by atoms with van der Waals surface area (Å²) in [7, 11) is 0. The molecule has 0 saturated heterocycles. The lowest BCUT2D eigenvalue weighted by atomic mass is 10.1. The van der Waals surface area contributed by atoms with Gasteiger partial charge in [-0.25, -0.2) is 0 Å². The van der Waals surface area contributed by atoms with Gasteiger partial charge >= 0.3 is 0 Å². The van der Waals surface area contributed by atoms with Crippen molar-refractivity contribution in [2.24, 2.45) is 5.73 Å². The molecule has 1 aliphatic heterocycles. The molecule has 0 spiro atoms. The molecule has 1 heterocycles. The van der Waals surface area contributed by atoms with Gasteiger partial charge in [-0.3, -0.25) is 4.79 Å². The van der Waals surface area contributed by atoms with Crippen molar-refractivity contribution >= 4 is 11.6 Å². The van der Waals surface area contributed by atoms with E-state index in [-0.39, 0.29) is 5.91 Å². The second-order valence-corrected chi connectivity index (χ2v) is 5.85. The maximum Gasteiger partial charge on any atom is 0.239 e. The number of amides is 1. The Morgan fingerprint density at radius 1 is 1.47 bits per heavy atom. The summed E-state index contributed by atoms with van der Waals surface area (Å²) in [6, 6.07) is 8.94. The number of fused-ring (bicyclic) bond motifs is 1. The molecule has 1 aromatic carbocycles. The van der Waals surface area contributed by atoms with Crippen LogP contribution in [0.1, 0.15) is 26.3 Å². The van der Waals surface area contributed by atoms with Gasteiger partial charge in [0, 0.05) is 24.8 Å². The average molecular weight is 261 g/mol. The quantitative estimate of drug-likeness (QED) is 0.858. The maximum atomic E-state index is 11.7. The number of rotatable bonds is 4. The van der Waals surface area contributed by atoms with E-state index in [0.717, 1.165) is 13.0 Å². The molecule has 1 aliphatic rings. The van der Waals surface area contributed by atoms with Gasteiger partial charge in [-0.15, -0.1) is 0 Å². The van der Waals surface area contributed by atoms with Crippen LogP contribution >= 0.6 is 0 Å². The fourth-order valence-corrected chi connectivity index (χ4v) is 2.49. The van der Waals surface area contributed by atoms with E-state index in [2.05, 4.69) is 41.4 Å². The standard InChI is InChI=1S/C15H23N3O/c1-11-10-12-6-4-5-7-13(12)18(11)9-8-17-14(19)15(2,3)16/h4-7,11H,8-10,16H2,1-3H3,(H,17,19). The number of nitrogens with two attached hydrogens (primary N) is 1. The monoisotopic (exact) mass is 261 g/mol. The van der Waals surface area contributed by atoms with Crippen LogP contribution < -0.4 is 16.0 Å². The van der Waals surface area contributed by atoms with E-state index in [4.69, 9.17) is 5.73 Å². The van der Waals surface area contributed by atoms with Crippen LogP contribution in [0.5, 0.6) is 0 Å². The molecule has 4 nitrogen and oxygen atoms in total. The minimum atomic E-state index is -0.811. The third kappa shape index (κ3) is 3.07. The van der Waals surface area contributed by atoms with Crippen LogP contribution in [-0.2, 0) is 11.2 Å². The number of hydrogen-bond acceptors (Lipinski definition) is 3. The molecule has 1 aromatic rings. The molecular formula is C15H23N3O. The molecule has 1 unspecified atom stereocenters. The van der Waals surface area contributed by atoms with Crippen LogP contribution in [0.15, 0.2) is 24.3 Å². The summed E-state index contributed by atoms with van der Waals surface area (Å²) in [5, 5.41) is 2.90. The number of carbonyl (C=O) groups excluding carboxylic acids is 1. The van der Waals surface area contributed by atoms with Gasteiger partial charge in [0.05, 0.1) is 5.54 Å². The van der Waals surface area contributed by atoms with Crippen LogP contribution in [0.25, 0.3) is 0 Å². The number of para-hydroxylation sites is 1. The van der Waals surface area contributed by atoms with Crippen molar-refractivity contribution < 1.29 is 4.79 Å². The first-order valence-corrected chi connectivity index (χ1v) is 6.81. The molecule has 0 bridgehead atoms. The zero-order chi connectivity index (χ0) is 14.0. The molecular weight excluding hydrogens is 238 g/mol. The molecule has 0 fully saturated rings. The predicted molar refractivity (Wildman–Crippen MR) is 78.2 cm³/mol. The summed E-state index contributed by atoms with van der Waals surface area (Å²) in [6.45, 7) is 7.10. The molecule has 0 saturated carbocycles. The number of benzene rings is 1. The first-order valence-electron chi connectivity index (χ1n) is 6.81.